The Morgan fingerprint density at radius 2 is 1.86 bits per heavy atom. The molecule has 0 aliphatic carbocycles. The largest absolute Gasteiger partial charge is 0.357 e. The molecule has 5 nitrogen and oxygen atoms in total. The minimum Gasteiger partial charge on any atom is -0.324 e. The summed E-state index contributed by atoms with van der Waals surface area (Å²) < 4.78 is 31.3. The van der Waals surface area contributed by atoms with Gasteiger partial charge in [0.2, 0.25) is 0 Å². The molecule has 1 unspecified atom stereocenters. The van der Waals surface area contributed by atoms with E-state index in [1.165, 1.54) is 12.1 Å². The highest BCUT2D eigenvalue weighted by molar-refractivity contribution is 7.87. The van der Waals surface area contributed by atoms with Gasteiger partial charge in [-0.3, -0.25) is 9.27 Å². The fourth-order valence-corrected chi connectivity index (χ4v) is 1.44. The van der Waals surface area contributed by atoms with Gasteiger partial charge in [-0.1, -0.05) is 12.1 Å². The average molecular weight is 216 g/mol. The second kappa shape index (κ2) is 3.95. The van der Waals surface area contributed by atoms with E-state index in [-0.39, 0.29) is 6.04 Å². The molecule has 1 aromatic carbocycles. The molecule has 1 aromatic rings. The van der Waals surface area contributed by atoms with Crippen LogP contribution in [0, 0.1) is 0 Å². The first-order valence-electron chi connectivity index (χ1n) is 3.99. The first kappa shape index (κ1) is 11.0. The Bertz CT molecular complexity index is 397. The van der Waals surface area contributed by atoms with Crippen LogP contribution in [-0.2, 0) is 10.3 Å². The molecule has 0 saturated heterocycles. The lowest BCUT2D eigenvalue weighted by Crippen LogP contribution is -2.10. The Morgan fingerprint density at radius 3 is 2.21 bits per heavy atom. The second-order valence-electron chi connectivity index (χ2n) is 2.99. The third-order valence-corrected chi connectivity index (χ3v) is 2.18. The fourth-order valence-electron chi connectivity index (χ4n) is 1.00. The maximum absolute atomic E-state index is 10.4. The van der Waals surface area contributed by atoms with Crippen LogP contribution in [0.1, 0.15) is 18.5 Å². The van der Waals surface area contributed by atoms with E-state index in [9.17, 15) is 8.42 Å². The average Bonchev–Trinajstić information content (AvgIpc) is 2.02. The molecule has 0 radical (unpaired) electrons. The first-order valence-corrected chi connectivity index (χ1v) is 5.43. The van der Waals surface area contributed by atoms with E-state index in [0.29, 0.717) is 5.69 Å². The smallest absolute Gasteiger partial charge is 0.324 e. The molecule has 0 spiro atoms. The minimum absolute atomic E-state index is 0.102. The second-order valence-corrected chi connectivity index (χ2v) is 4.14. The molecular formula is C8H12N2O3S. The highest BCUT2D eigenvalue weighted by Crippen LogP contribution is 2.14. The van der Waals surface area contributed by atoms with Gasteiger partial charge in [-0.25, -0.2) is 0 Å². The van der Waals surface area contributed by atoms with Crippen molar-refractivity contribution in [1.82, 2.24) is 0 Å². The summed E-state index contributed by atoms with van der Waals surface area (Å²) >= 11 is 0. The SMILES string of the molecule is CC(N)c1ccc(NS(=O)(=O)O)cc1. The topological polar surface area (TPSA) is 92.4 Å². The molecule has 0 saturated carbocycles. The van der Waals surface area contributed by atoms with Crippen LogP contribution in [0.15, 0.2) is 24.3 Å². The van der Waals surface area contributed by atoms with Crippen molar-refractivity contribution in [3.63, 3.8) is 0 Å². The summed E-state index contributed by atoms with van der Waals surface area (Å²) in [5.74, 6) is 0. The summed E-state index contributed by atoms with van der Waals surface area (Å²) in [5.41, 5.74) is 6.80. The van der Waals surface area contributed by atoms with Gasteiger partial charge in [0, 0.05) is 6.04 Å². The van der Waals surface area contributed by atoms with Crippen molar-refractivity contribution < 1.29 is 13.0 Å². The van der Waals surface area contributed by atoms with Crippen molar-refractivity contribution in [3.8, 4) is 0 Å². The lowest BCUT2D eigenvalue weighted by Gasteiger charge is -2.06. The van der Waals surface area contributed by atoms with Gasteiger partial charge < -0.3 is 5.73 Å². The monoisotopic (exact) mass is 216 g/mol. The third kappa shape index (κ3) is 3.33. The highest BCUT2D eigenvalue weighted by atomic mass is 32.2. The highest BCUT2D eigenvalue weighted by Gasteiger charge is 2.04. The van der Waals surface area contributed by atoms with E-state index < -0.39 is 10.3 Å². The summed E-state index contributed by atoms with van der Waals surface area (Å²) in [6.07, 6.45) is 0. The van der Waals surface area contributed by atoms with Crippen molar-refractivity contribution in [2.45, 2.75) is 13.0 Å². The zero-order valence-corrected chi connectivity index (χ0v) is 8.45. The van der Waals surface area contributed by atoms with E-state index in [1.807, 2.05) is 11.6 Å². The molecule has 1 atom stereocenters. The molecule has 0 amide bonds. The van der Waals surface area contributed by atoms with Gasteiger partial charge in [0.05, 0.1) is 5.69 Å². The maximum Gasteiger partial charge on any atom is 0.357 e. The van der Waals surface area contributed by atoms with Gasteiger partial charge in [-0.05, 0) is 24.6 Å². The predicted molar refractivity (Wildman–Crippen MR) is 54.2 cm³/mol. The summed E-state index contributed by atoms with van der Waals surface area (Å²) in [6.45, 7) is 1.82. The van der Waals surface area contributed by atoms with E-state index in [2.05, 4.69) is 0 Å². The van der Waals surface area contributed by atoms with E-state index in [0.717, 1.165) is 5.56 Å². The Labute approximate surface area is 82.8 Å². The molecule has 0 aliphatic heterocycles. The Balaban J connectivity index is 2.84. The van der Waals surface area contributed by atoms with Crippen LogP contribution < -0.4 is 10.5 Å². The standard InChI is InChI=1S/C8H12N2O3S/c1-6(9)7-2-4-8(5-3-7)10-14(11,12)13/h2-6,10H,9H2,1H3,(H,11,12,13). The van der Waals surface area contributed by atoms with Crippen LogP contribution in [-0.4, -0.2) is 13.0 Å². The van der Waals surface area contributed by atoms with Crippen LogP contribution in [0.4, 0.5) is 5.69 Å². The minimum atomic E-state index is -4.19. The molecule has 0 aromatic heterocycles. The normalized spacial score (nSPS) is 13.6. The van der Waals surface area contributed by atoms with Gasteiger partial charge in [0.25, 0.3) is 0 Å². The van der Waals surface area contributed by atoms with Crippen LogP contribution in [0.3, 0.4) is 0 Å². The third-order valence-electron chi connectivity index (χ3n) is 1.68. The van der Waals surface area contributed by atoms with Gasteiger partial charge in [0.15, 0.2) is 0 Å². The quantitative estimate of drug-likeness (QED) is 0.655. The number of benzene rings is 1. The molecule has 1 rings (SSSR count). The zero-order chi connectivity index (χ0) is 10.8. The molecule has 4 N–H and O–H groups in total. The van der Waals surface area contributed by atoms with Crippen molar-refractivity contribution >= 4 is 16.0 Å². The van der Waals surface area contributed by atoms with Crippen molar-refractivity contribution in [2.24, 2.45) is 5.73 Å². The van der Waals surface area contributed by atoms with Crippen LogP contribution in [0.2, 0.25) is 0 Å². The molecular weight excluding hydrogens is 204 g/mol. The first-order chi connectivity index (χ1) is 6.38. The molecule has 0 heterocycles. The molecule has 78 valence electrons. The van der Waals surface area contributed by atoms with Crippen LogP contribution in [0.25, 0.3) is 0 Å². The fraction of sp³-hybridized carbons (Fsp3) is 0.250. The predicted octanol–water partition coefficient (Wildman–Crippen LogP) is 0.921. The molecule has 0 aliphatic rings. The van der Waals surface area contributed by atoms with Crippen molar-refractivity contribution in [3.05, 3.63) is 29.8 Å². The van der Waals surface area contributed by atoms with E-state index in [1.54, 1.807) is 12.1 Å². The number of nitrogens with one attached hydrogen (secondary N) is 1. The summed E-state index contributed by atoms with van der Waals surface area (Å²) in [6, 6.07) is 6.35. The van der Waals surface area contributed by atoms with Gasteiger partial charge in [0.1, 0.15) is 0 Å². The van der Waals surface area contributed by atoms with E-state index >= 15 is 0 Å². The zero-order valence-electron chi connectivity index (χ0n) is 7.64. The number of hydrogen-bond donors (Lipinski definition) is 3. The van der Waals surface area contributed by atoms with Gasteiger partial charge in [-0.15, -0.1) is 0 Å². The Morgan fingerprint density at radius 1 is 1.36 bits per heavy atom. The summed E-state index contributed by atoms with van der Waals surface area (Å²) in [4.78, 5) is 0. The van der Waals surface area contributed by atoms with E-state index in [4.69, 9.17) is 10.3 Å². The number of rotatable bonds is 3. The summed E-state index contributed by atoms with van der Waals surface area (Å²) in [7, 11) is -4.19. The van der Waals surface area contributed by atoms with Crippen LogP contribution >= 0.6 is 0 Å². The van der Waals surface area contributed by atoms with Gasteiger partial charge >= 0.3 is 10.3 Å². The van der Waals surface area contributed by atoms with Crippen LogP contribution in [0.5, 0.6) is 0 Å². The number of anilines is 1. The molecule has 6 heteroatoms. The summed E-state index contributed by atoms with van der Waals surface area (Å²) in [5, 5.41) is 0. The van der Waals surface area contributed by atoms with Crippen molar-refractivity contribution in [2.75, 3.05) is 4.72 Å². The van der Waals surface area contributed by atoms with Gasteiger partial charge in [-0.2, -0.15) is 8.42 Å². The molecule has 14 heavy (non-hydrogen) atoms. The Hall–Kier alpha value is -1.11. The van der Waals surface area contributed by atoms with Crippen molar-refractivity contribution in [1.29, 1.82) is 0 Å². The Kier molecular flexibility index (Phi) is 3.10. The molecule has 0 bridgehead atoms. The number of nitrogens with two attached hydrogens (primary N) is 1. The lowest BCUT2D eigenvalue weighted by molar-refractivity contribution is 0.490. The number of hydrogen-bond acceptors (Lipinski definition) is 3. The molecule has 0 fully saturated rings. The maximum atomic E-state index is 10.4. The lowest BCUT2D eigenvalue weighted by atomic mass is 10.1.